The smallest absolute Gasteiger partial charge is 0.257 e. The zero-order chi connectivity index (χ0) is 23.5. The van der Waals surface area contributed by atoms with Gasteiger partial charge in [-0.2, -0.15) is 0 Å². The van der Waals surface area contributed by atoms with E-state index in [1.807, 2.05) is 24.3 Å². The van der Waals surface area contributed by atoms with E-state index in [2.05, 4.69) is 10.6 Å². The molecule has 5 rings (SSSR count). The summed E-state index contributed by atoms with van der Waals surface area (Å²) in [6.07, 6.45) is 0.100. The Bertz CT molecular complexity index is 1280. The van der Waals surface area contributed by atoms with Crippen molar-refractivity contribution in [2.45, 2.75) is 11.3 Å². The lowest BCUT2D eigenvalue weighted by molar-refractivity contribution is -0.117. The minimum absolute atomic E-state index is 0.0278. The van der Waals surface area contributed by atoms with E-state index in [1.54, 1.807) is 47.4 Å². The third-order valence-electron chi connectivity index (χ3n) is 5.45. The van der Waals surface area contributed by atoms with E-state index in [0.29, 0.717) is 34.2 Å². The molecule has 172 valence electrons. The molecule has 34 heavy (non-hydrogen) atoms. The maximum atomic E-state index is 12.9. The van der Waals surface area contributed by atoms with E-state index in [9.17, 15) is 14.4 Å². The standard InChI is InChI=1S/C25H21N3O5S/c29-23(11-12-28-19-7-3-4-8-22(19)34-14-24(28)30)27-18-6-2-1-5-17(18)25(31)26-16-9-10-20-21(13-16)33-15-32-20/h1-10,13H,11-12,14-15H2,(H,26,31)(H,27,29). The number of ether oxygens (including phenoxy) is 2. The van der Waals surface area contributed by atoms with Crippen molar-refractivity contribution in [3.8, 4) is 11.5 Å². The molecule has 0 fully saturated rings. The van der Waals surface area contributed by atoms with Gasteiger partial charge in [0.2, 0.25) is 18.6 Å². The summed E-state index contributed by atoms with van der Waals surface area (Å²) in [7, 11) is 0. The molecule has 0 bridgehead atoms. The van der Waals surface area contributed by atoms with Gasteiger partial charge in [-0.15, -0.1) is 11.8 Å². The van der Waals surface area contributed by atoms with Gasteiger partial charge in [-0.1, -0.05) is 24.3 Å². The molecule has 0 aliphatic carbocycles. The van der Waals surface area contributed by atoms with Crippen LogP contribution in [0.1, 0.15) is 16.8 Å². The summed E-state index contributed by atoms with van der Waals surface area (Å²) < 4.78 is 10.6. The van der Waals surface area contributed by atoms with Gasteiger partial charge in [0.25, 0.3) is 5.91 Å². The van der Waals surface area contributed by atoms with Crippen LogP contribution in [0.4, 0.5) is 17.1 Å². The molecule has 2 heterocycles. The summed E-state index contributed by atoms with van der Waals surface area (Å²) >= 11 is 1.50. The second-order valence-electron chi connectivity index (χ2n) is 7.67. The molecule has 2 aliphatic rings. The summed E-state index contributed by atoms with van der Waals surface area (Å²) in [6.45, 7) is 0.406. The topological polar surface area (TPSA) is 97.0 Å². The first-order valence-electron chi connectivity index (χ1n) is 10.7. The highest BCUT2D eigenvalue weighted by molar-refractivity contribution is 8.00. The predicted octanol–water partition coefficient (Wildman–Crippen LogP) is 4.14. The Hall–Kier alpha value is -3.98. The number of para-hydroxylation sites is 2. The second-order valence-corrected chi connectivity index (χ2v) is 8.68. The molecule has 8 nitrogen and oxygen atoms in total. The highest BCUT2D eigenvalue weighted by Gasteiger charge is 2.25. The van der Waals surface area contributed by atoms with Crippen LogP contribution < -0.4 is 25.0 Å². The normalized spacial score (nSPS) is 13.9. The van der Waals surface area contributed by atoms with Gasteiger partial charge in [0.05, 0.1) is 22.7 Å². The third-order valence-corrected chi connectivity index (χ3v) is 6.49. The van der Waals surface area contributed by atoms with Crippen LogP contribution in [-0.4, -0.2) is 36.8 Å². The lowest BCUT2D eigenvalue weighted by Gasteiger charge is -2.28. The third kappa shape index (κ3) is 4.55. The van der Waals surface area contributed by atoms with Crippen LogP contribution in [0.5, 0.6) is 11.5 Å². The number of anilines is 3. The molecule has 0 spiro atoms. The SMILES string of the molecule is O=C(CCN1C(=O)CSc2ccccc21)Nc1ccccc1C(=O)Nc1ccc2c(c1)OCO2. The second kappa shape index (κ2) is 9.48. The van der Waals surface area contributed by atoms with Gasteiger partial charge >= 0.3 is 0 Å². The average molecular weight is 476 g/mol. The van der Waals surface area contributed by atoms with Crippen molar-refractivity contribution in [1.29, 1.82) is 0 Å². The van der Waals surface area contributed by atoms with Gasteiger partial charge in [-0.05, 0) is 36.4 Å². The largest absolute Gasteiger partial charge is 0.454 e. The van der Waals surface area contributed by atoms with Crippen molar-refractivity contribution < 1.29 is 23.9 Å². The molecule has 0 saturated heterocycles. The maximum Gasteiger partial charge on any atom is 0.257 e. The Morgan fingerprint density at radius 1 is 0.941 bits per heavy atom. The number of carbonyl (C=O) groups is 3. The molecule has 0 unspecified atom stereocenters. The van der Waals surface area contributed by atoms with Crippen molar-refractivity contribution in [2.75, 3.05) is 34.6 Å². The summed E-state index contributed by atoms with van der Waals surface area (Å²) in [4.78, 5) is 40.7. The number of fused-ring (bicyclic) bond motifs is 2. The molecule has 2 aliphatic heterocycles. The Balaban J connectivity index is 1.24. The number of nitrogens with one attached hydrogen (secondary N) is 2. The van der Waals surface area contributed by atoms with Crippen LogP contribution in [0.25, 0.3) is 0 Å². The quantitative estimate of drug-likeness (QED) is 0.556. The minimum Gasteiger partial charge on any atom is -0.454 e. The number of thioether (sulfide) groups is 1. The number of carbonyl (C=O) groups excluding carboxylic acids is 3. The monoisotopic (exact) mass is 475 g/mol. The number of hydrogen-bond donors (Lipinski definition) is 2. The van der Waals surface area contributed by atoms with Crippen molar-refractivity contribution in [3.63, 3.8) is 0 Å². The fraction of sp³-hybridized carbons (Fsp3) is 0.160. The molecule has 0 atom stereocenters. The molecule has 3 aromatic rings. The molecule has 3 aromatic carbocycles. The Labute approximate surface area is 200 Å². The van der Waals surface area contributed by atoms with Gasteiger partial charge in [-0.25, -0.2) is 0 Å². The molecule has 2 N–H and O–H groups in total. The van der Waals surface area contributed by atoms with Crippen molar-refractivity contribution in [1.82, 2.24) is 0 Å². The molecule has 3 amide bonds. The molecular formula is C25H21N3O5S. The Morgan fingerprint density at radius 3 is 2.65 bits per heavy atom. The van der Waals surface area contributed by atoms with Gasteiger partial charge in [0.1, 0.15) is 0 Å². The molecule has 0 saturated carbocycles. The first-order chi connectivity index (χ1) is 16.6. The number of amides is 3. The fourth-order valence-corrected chi connectivity index (χ4v) is 4.72. The lowest BCUT2D eigenvalue weighted by Crippen LogP contribution is -2.37. The van der Waals surface area contributed by atoms with Gasteiger partial charge < -0.3 is 25.0 Å². The van der Waals surface area contributed by atoms with Gasteiger partial charge in [-0.3, -0.25) is 14.4 Å². The number of hydrogen-bond acceptors (Lipinski definition) is 6. The first kappa shape index (κ1) is 21.8. The molecule has 0 radical (unpaired) electrons. The lowest BCUT2D eigenvalue weighted by atomic mass is 10.1. The summed E-state index contributed by atoms with van der Waals surface area (Å²) in [6, 6.07) is 19.6. The van der Waals surface area contributed by atoms with E-state index in [1.165, 1.54) is 11.8 Å². The summed E-state index contributed by atoms with van der Waals surface area (Å²) in [5.41, 5.74) is 2.09. The van der Waals surface area contributed by atoms with Gasteiger partial charge in [0.15, 0.2) is 11.5 Å². The zero-order valence-corrected chi connectivity index (χ0v) is 18.9. The van der Waals surface area contributed by atoms with Crippen LogP contribution >= 0.6 is 11.8 Å². The average Bonchev–Trinajstić information content (AvgIpc) is 3.32. The molecular weight excluding hydrogens is 454 g/mol. The van der Waals surface area contributed by atoms with Crippen LogP contribution in [0.2, 0.25) is 0 Å². The predicted molar refractivity (Wildman–Crippen MR) is 130 cm³/mol. The number of benzene rings is 3. The minimum atomic E-state index is -0.369. The fourth-order valence-electron chi connectivity index (χ4n) is 3.79. The van der Waals surface area contributed by atoms with E-state index in [4.69, 9.17) is 9.47 Å². The molecule has 9 heteroatoms. The Morgan fingerprint density at radius 2 is 1.74 bits per heavy atom. The van der Waals surface area contributed by atoms with Crippen LogP contribution in [-0.2, 0) is 9.59 Å². The van der Waals surface area contributed by atoms with Crippen LogP contribution in [0.3, 0.4) is 0 Å². The number of rotatable bonds is 6. The summed E-state index contributed by atoms with van der Waals surface area (Å²) in [5, 5.41) is 5.63. The van der Waals surface area contributed by atoms with E-state index in [-0.39, 0.29) is 37.5 Å². The van der Waals surface area contributed by atoms with Crippen molar-refractivity contribution in [3.05, 3.63) is 72.3 Å². The van der Waals surface area contributed by atoms with Crippen molar-refractivity contribution >= 4 is 46.5 Å². The zero-order valence-electron chi connectivity index (χ0n) is 18.1. The Kier molecular flexibility index (Phi) is 6.09. The van der Waals surface area contributed by atoms with Crippen LogP contribution in [0, 0.1) is 0 Å². The molecule has 0 aromatic heterocycles. The van der Waals surface area contributed by atoms with Crippen molar-refractivity contribution in [2.24, 2.45) is 0 Å². The van der Waals surface area contributed by atoms with Gasteiger partial charge in [0, 0.05) is 29.6 Å². The first-order valence-corrected chi connectivity index (χ1v) is 11.7. The highest BCUT2D eigenvalue weighted by atomic mass is 32.2. The number of nitrogens with zero attached hydrogens (tertiary/aromatic N) is 1. The van der Waals surface area contributed by atoms with E-state index in [0.717, 1.165) is 10.6 Å². The van der Waals surface area contributed by atoms with E-state index >= 15 is 0 Å². The summed E-state index contributed by atoms with van der Waals surface area (Å²) in [5.74, 6) is 0.853. The van der Waals surface area contributed by atoms with E-state index < -0.39 is 0 Å². The highest BCUT2D eigenvalue weighted by Crippen LogP contribution is 2.35. The maximum absolute atomic E-state index is 12.9. The van der Waals surface area contributed by atoms with Crippen LogP contribution in [0.15, 0.2) is 71.6 Å².